The highest BCUT2D eigenvalue weighted by molar-refractivity contribution is 6.30. The summed E-state index contributed by atoms with van der Waals surface area (Å²) >= 11 is 6.09. The molecule has 1 saturated heterocycles. The van der Waals surface area contributed by atoms with Gasteiger partial charge in [-0.25, -0.2) is 0 Å². The first kappa shape index (κ1) is 14.5. The van der Waals surface area contributed by atoms with E-state index in [2.05, 4.69) is 34.3 Å². The zero-order valence-electron chi connectivity index (χ0n) is 13.0. The van der Waals surface area contributed by atoms with Crippen molar-refractivity contribution in [2.75, 3.05) is 31.1 Å². The van der Waals surface area contributed by atoms with Crippen molar-refractivity contribution in [1.29, 1.82) is 0 Å². The van der Waals surface area contributed by atoms with Gasteiger partial charge in [-0.05, 0) is 36.8 Å². The maximum atomic E-state index is 6.14. The predicted molar refractivity (Wildman–Crippen MR) is 95.0 cm³/mol. The molecular weight excluding hydrogens is 310 g/mol. The Morgan fingerprint density at radius 2 is 1.96 bits per heavy atom. The number of halogens is 1. The molecule has 2 heterocycles. The number of hydrogen-bond acceptors (Lipinski definition) is 4. The zero-order valence-corrected chi connectivity index (χ0v) is 13.7. The number of ether oxygens (including phenoxy) is 1. The summed E-state index contributed by atoms with van der Waals surface area (Å²) in [5, 5.41) is 4.04. The Bertz CT molecular complexity index is 782. The second-order valence-electron chi connectivity index (χ2n) is 5.91. The van der Waals surface area contributed by atoms with Gasteiger partial charge in [-0.2, -0.15) is 0 Å². The number of nitrogens with one attached hydrogen (secondary N) is 1. The fourth-order valence-corrected chi connectivity index (χ4v) is 3.22. The maximum Gasteiger partial charge on any atom is 0.154 e. The van der Waals surface area contributed by atoms with Gasteiger partial charge in [0.2, 0.25) is 0 Å². The lowest BCUT2D eigenvalue weighted by molar-refractivity contribution is 0.484. The molecule has 2 aliphatic rings. The fraction of sp³-hybridized carbons (Fsp3) is 0.278. The molecule has 118 valence electrons. The number of aryl methyl sites for hydroxylation is 1. The molecule has 0 atom stereocenters. The summed E-state index contributed by atoms with van der Waals surface area (Å²) in [6, 6.07) is 9.80. The average molecular weight is 328 g/mol. The average Bonchev–Trinajstić information content (AvgIpc) is 2.73. The molecular formula is C18H18ClN3O. The minimum absolute atomic E-state index is 0.650. The molecule has 4 nitrogen and oxygen atoms in total. The minimum Gasteiger partial charge on any atom is -0.454 e. The Morgan fingerprint density at radius 3 is 2.78 bits per heavy atom. The lowest BCUT2D eigenvalue weighted by Gasteiger charge is -2.31. The van der Waals surface area contributed by atoms with E-state index < -0.39 is 0 Å². The molecule has 0 unspecified atom stereocenters. The van der Waals surface area contributed by atoms with E-state index in [0.717, 1.165) is 43.2 Å². The van der Waals surface area contributed by atoms with Gasteiger partial charge in [0, 0.05) is 49.2 Å². The van der Waals surface area contributed by atoms with Gasteiger partial charge in [-0.15, -0.1) is 0 Å². The van der Waals surface area contributed by atoms with Crippen LogP contribution in [0.1, 0.15) is 11.1 Å². The Labute approximate surface area is 140 Å². The summed E-state index contributed by atoms with van der Waals surface area (Å²) < 4.78 is 6.14. The highest BCUT2D eigenvalue weighted by atomic mass is 35.5. The molecule has 4 rings (SSSR count). The quantitative estimate of drug-likeness (QED) is 0.736. The molecule has 2 aromatic carbocycles. The van der Waals surface area contributed by atoms with E-state index in [9.17, 15) is 0 Å². The maximum absolute atomic E-state index is 6.14. The Kier molecular flexibility index (Phi) is 3.71. The molecule has 0 amide bonds. The summed E-state index contributed by atoms with van der Waals surface area (Å²) in [6.45, 7) is 6.06. The monoisotopic (exact) mass is 327 g/mol. The van der Waals surface area contributed by atoms with Crippen molar-refractivity contribution in [2.24, 2.45) is 4.99 Å². The highest BCUT2D eigenvalue weighted by Crippen LogP contribution is 2.41. The van der Waals surface area contributed by atoms with Crippen molar-refractivity contribution >= 4 is 29.2 Å². The molecule has 0 radical (unpaired) electrons. The Hall–Kier alpha value is -2.04. The summed E-state index contributed by atoms with van der Waals surface area (Å²) in [7, 11) is 0. The second kappa shape index (κ2) is 5.87. The summed E-state index contributed by atoms with van der Waals surface area (Å²) in [4.78, 5) is 6.99. The van der Waals surface area contributed by atoms with Gasteiger partial charge in [0.1, 0.15) is 11.4 Å². The predicted octanol–water partition coefficient (Wildman–Crippen LogP) is 3.91. The molecule has 23 heavy (non-hydrogen) atoms. The number of anilines is 1. The van der Waals surface area contributed by atoms with Gasteiger partial charge in [0.15, 0.2) is 5.75 Å². The van der Waals surface area contributed by atoms with Crippen molar-refractivity contribution in [3.05, 3.63) is 46.5 Å². The summed E-state index contributed by atoms with van der Waals surface area (Å²) in [5.41, 5.74) is 4.19. The first-order valence-corrected chi connectivity index (χ1v) is 8.20. The van der Waals surface area contributed by atoms with Crippen molar-refractivity contribution < 1.29 is 4.74 Å². The molecule has 0 aliphatic carbocycles. The SMILES string of the molecule is Cc1cc2c(c(N3CCNCC3)c1)C=Nc1ccc(Cl)cc1O2. The van der Waals surface area contributed by atoms with Crippen LogP contribution in [-0.2, 0) is 0 Å². The lowest BCUT2D eigenvalue weighted by atomic mass is 10.1. The minimum atomic E-state index is 0.650. The van der Waals surface area contributed by atoms with Crippen molar-refractivity contribution in [3.8, 4) is 11.5 Å². The molecule has 0 saturated carbocycles. The standard InChI is InChI=1S/C18H18ClN3O/c1-12-8-16(22-6-4-20-5-7-22)14-11-21-15-3-2-13(19)10-18(15)23-17(14)9-12/h2-3,8-11,20H,4-7H2,1H3. The van der Waals surface area contributed by atoms with Crippen LogP contribution in [0.2, 0.25) is 5.02 Å². The second-order valence-corrected chi connectivity index (χ2v) is 6.34. The Balaban J connectivity index is 1.82. The molecule has 2 aliphatic heterocycles. The van der Waals surface area contributed by atoms with Crippen LogP contribution in [0.5, 0.6) is 11.5 Å². The van der Waals surface area contributed by atoms with E-state index in [-0.39, 0.29) is 0 Å². The fourth-order valence-electron chi connectivity index (χ4n) is 3.06. The van der Waals surface area contributed by atoms with Crippen LogP contribution in [0.4, 0.5) is 11.4 Å². The number of fused-ring (bicyclic) bond motifs is 2. The number of piperazine rings is 1. The molecule has 5 heteroatoms. The molecule has 0 aromatic heterocycles. The van der Waals surface area contributed by atoms with E-state index in [1.165, 1.54) is 11.3 Å². The van der Waals surface area contributed by atoms with Crippen LogP contribution < -0.4 is 15.0 Å². The van der Waals surface area contributed by atoms with Crippen LogP contribution in [0, 0.1) is 6.92 Å². The van der Waals surface area contributed by atoms with Gasteiger partial charge in [0.25, 0.3) is 0 Å². The molecule has 0 spiro atoms. The van der Waals surface area contributed by atoms with Crippen LogP contribution in [-0.4, -0.2) is 32.4 Å². The highest BCUT2D eigenvalue weighted by Gasteiger charge is 2.20. The third kappa shape index (κ3) is 2.80. The Morgan fingerprint density at radius 1 is 1.13 bits per heavy atom. The van der Waals surface area contributed by atoms with Crippen LogP contribution in [0.3, 0.4) is 0 Å². The molecule has 2 aromatic rings. The third-order valence-corrected chi connectivity index (χ3v) is 4.43. The summed E-state index contributed by atoms with van der Waals surface area (Å²) in [6.07, 6.45) is 1.91. The van der Waals surface area contributed by atoms with Gasteiger partial charge < -0.3 is 15.0 Å². The van der Waals surface area contributed by atoms with Crippen LogP contribution in [0.15, 0.2) is 35.3 Å². The van der Waals surface area contributed by atoms with Crippen molar-refractivity contribution in [1.82, 2.24) is 5.32 Å². The molecule has 1 fully saturated rings. The number of hydrogen-bond donors (Lipinski definition) is 1. The third-order valence-electron chi connectivity index (χ3n) is 4.20. The van der Waals surface area contributed by atoms with E-state index in [1.54, 1.807) is 0 Å². The van der Waals surface area contributed by atoms with E-state index >= 15 is 0 Å². The van der Waals surface area contributed by atoms with E-state index in [0.29, 0.717) is 10.8 Å². The number of benzene rings is 2. The summed E-state index contributed by atoms with van der Waals surface area (Å²) in [5.74, 6) is 1.53. The van der Waals surface area contributed by atoms with Crippen molar-refractivity contribution in [2.45, 2.75) is 6.92 Å². The van der Waals surface area contributed by atoms with Gasteiger partial charge in [0.05, 0.1) is 5.56 Å². The number of aliphatic imine (C=N–C) groups is 1. The van der Waals surface area contributed by atoms with Gasteiger partial charge in [-0.1, -0.05) is 11.6 Å². The smallest absolute Gasteiger partial charge is 0.154 e. The van der Waals surface area contributed by atoms with Crippen LogP contribution in [0.25, 0.3) is 0 Å². The number of rotatable bonds is 1. The van der Waals surface area contributed by atoms with Gasteiger partial charge >= 0.3 is 0 Å². The topological polar surface area (TPSA) is 36.9 Å². The van der Waals surface area contributed by atoms with E-state index in [1.807, 2.05) is 24.4 Å². The van der Waals surface area contributed by atoms with Gasteiger partial charge in [-0.3, -0.25) is 4.99 Å². The molecule has 1 N–H and O–H groups in total. The van der Waals surface area contributed by atoms with E-state index in [4.69, 9.17) is 16.3 Å². The normalized spacial score (nSPS) is 16.3. The van der Waals surface area contributed by atoms with Crippen LogP contribution >= 0.6 is 11.6 Å². The first-order chi connectivity index (χ1) is 11.2. The zero-order chi connectivity index (χ0) is 15.8. The first-order valence-electron chi connectivity index (χ1n) is 7.82. The molecule has 0 bridgehead atoms. The lowest BCUT2D eigenvalue weighted by Crippen LogP contribution is -2.43. The largest absolute Gasteiger partial charge is 0.454 e. The van der Waals surface area contributed by atoms with Crippen molar-refractivity contribution in [3.63, 3.8) is 0 Å². The number of nitrogens with zero attached hydrogens (tertiary/aromatic N) is 2.